The number of hydrogen-bond donors (Lipinski definition) is 0. The quantitative estimate of drug-likeness (QED) is 0.359. The molecule has 0 fully saturated rings. The third kappa shape index (κ3) is 2.49. The highest BCUT2D eigenvalue weighted by Gasteiger charge is 2.13. The molecule has 0 aliphatic carbocycles. The average Bonchev–Trinajstić information content (AvgIpc) is 3.02. The number of aryl methyl sites for hydroxylation is 1. The number of hydrogen-bond acceptors (Lipinski definition) is 0. The van der Waals surface area contributed by atoms with Crippen molar-refractivity contribution in [2.24, 2.45) is 0 Å². The maximum absolute atomic E-state index is 3.94. The zero-order valence-corrected chi connectivity index (χ0v) is 14.9. The molecule has 1 nitrogen and oxygen atoms in total. The fourth-order valence-corrected chi connectivity index (χ4v) is 3.71. The fourth-order valence-electron chi connectivity index (χ4n) is 3.71. The topological polar surface area (TPSA) is 4.93 Å². The molecule has 0 radical (unpaired) electrons. The lowest BCUT2D eigenvalue weighted by Crippen LogP contribution is -1.95. The van der Waals surface area contributed by atoms with Crippen molar-refractivity contribution in [3.8, 4) is 5.69 Å². The monoisotopic (exact) mass is 335 g/mol. The molecule has 0 bridgehead atoms. The minimum Gasteiger partial charge on any atom is -0.309 e. The smallest absolute Gasteiger partial charge is 0.0543 e. The summed E-state index contributed by atoms with van der Waals surface area (Å²) in [5.41, 5.74) is 7.11. The number of nitrogens with zero attached hydrogens (tertiary/aromatic N) is 1. The summed E-state index contributed by atoms with van der Waals surface area (Å²) in [6.45, 7) is 9.92. The van der Waals surface area contributed by atoms with Crippen molar-refractivity contribution in [3.05, 3.63) is 109 Å². The molecule has 0 spiro atoms. The van der Waals surface area contributed by atoms with Crippen molar-refractivity contribution in [3.63, 3.8) is 0 Å². The molecule has 126 valence electrons. The third-order valence-corrected chi connectivity index (χ3v) is 4.86. The van der Waals surface area contributed by atoms with Crippen LogP contribution in [0, 0.1) is 6.92 Å². The summed E-state index contributed by atoms with van der Waals surface area (Å²) in [5.74, 6) is 0. The standard InChI is InChI=1S/C25H21N/c1-4-10-19(5-2)20-12-9-13-21(17-20)26-23-15-7-6-14-22(23)25-18(3)11-8-16-24(25)26/h4-17H,1-2H2,3H3/b19-10+. The lowest BCUT2D eigenvalue weighted by molar-refractivity contribution is 1.18. The van der Waals surface area contributed by atoms with E-state index in [1.54, 1.807) is 6.08 Å². The lowest BCUT2D eigenvalue weighted by atomic mass is 10.0. The van der Waals surface area contributed by atoms with Crippen LogP contribution in [0.1, 0.15) is 11.1 Å². The van der Waals surface area contributed by atoms with Crippen molar-refractivity contribution >= 4 is 27.4 Å². The third-order valence-electron chi connectivity index (χ3n) is 4.86. The molecule has 0 unspecified atom stereocenters. The molecule has 0 saturated heterocycles. The summed E-state index contributed by atoms with van der Waals surface area (Å²) in [7, 11) is 0. The van der Waals surface area contributed by atoms with Crippen LogP contribution in [0.3, 0.4) is 0 Å². The van der Waals surface area contributed by atoms with E-state index in [0.717, 1.165) is 16.8 Å². The highest BCUT2D eigenvalue weighted by atomic mass is 15.0. The van der Waals surface area contributed by atoms with Crippen molar-refractivity contribution in [2.75, 3.05) is 0 Å². The first-order valence-corrected chi connectivity index (χ1v) is 8.79. The number of para-hydroxylation sites is 1. The van der Waals surface area contributed by atoms with Crippen LogP contribution in [-0.2, 0) is 0 Å². The van der Waals surface area contributed by atoms with Crippen LogP contribution in [0.15, 0.2) is 98.1 Å². The van der Waals surface area contributed by atoms with Gasteiger partial charge in [0.25, 0.3) is 0 Å². The molecule has 0 saturated carbocycles. The van der Waals surface area contributed by atoms with Gasteiger partial charge in [-0.05, 0) is 47.9 Å². The molecule has 4 rings (SSSR count). The van der Waals surface area contributed by atoms with Gasteiger partial charge in [-0.3, -0.25) is 0 Å². The van der Waals surface area contributed by atoms with Gasteiger partial charge in [0.05, 0.1) is 11.0 Å². The van der Waals surface area contributed by atoms with Crippen LogP contribution in [-0.4, -0.2) is 4.57 Å². The molecule has 1 heterocycles. The van der Waals surface area contributed by atoms with Crippen molar-refractivity contribution < 1.29 is 0 Å². The fraction of sp³-hybridized carbons (Fsp3) is 0.0400. The lowest BCUT2D eigenvalue weighted by Gasteiger charge is -2.10. The van der Waals surface area contributed by atoms with E-state index < -0.39 is 0 Å². The first kappa shape index (κ1) is 16.2. The van der Waals surface area contributed by atoms with E-state index in [1.165, 1.54) is 27.4 Å². The second kappa shape index (κ2) is 6.53. The Morgan fingerprint density at radius 1 is 0.885 bits per heavy atom. The Bertz CT molecular complexity index is 1170. The van der Waals surface area contributed by atoms with Gasteiger partial charge >= 0.3 is 0 Å². The zero-order chi connectivity index (χ0) is 18.1. The summed E-state index contributed by atoms with van der Waals surface area (Å²) in [5, 5.41) is 2.61. The Morgan fingerprint density at radius 2 is 1.65 bits per heavy atom. The summed E-state index contributed by atoms with van der Waals surface area (Å²) in [4.78, 5) is 0. The Kier molecular flexibility index (Phi) is 4.06. The van der Waals surface area contributed by atoms with Crippen molar-refractivity contribution in [1.82, 2.24) is 4.57 Å². The first-order valence-electron chi connectivity index (χ1n) is 8.79. The summed E-state index contributed by atoms with van der Waals surface area (Å²) in [6.07, 6.45) is 5.66. The minimum absolute atomic E-state index is 1.07. The largest absolute Gasteiger partial charge is 0.309 e. The first-order chi connectivity index (χ1) is 12.7. The van der Waals surface area contributed by atoms with E-state index >= 15 is 0 Å². The second-order valence-electron chi connectivity index (χ2n) is 6.43. The number of aromatic nitrogens is 1. The normalized spacial score (nSPS) is 11.8. The van der Waals surface area contributed by atoms with Crippen LogP contribution < -0.4 is 0 Å². The van der Waals surface area contributed by atoms with Gasteiger partial charge in [-0.15, -0.1) is 0 Å². The predicted molar refractivity (Wildman–Crippen MR) is 114 cm³/mol. The van der Waals surface area contributed by atoms with E-state index in [-0.39, 0.29) is 0 Å². The highest BCUT2D eigenvalue weighted by molar-refractivity contribution is 6.10. The molecular weight excluding hydrogens is 314 g/mol. The summed E-state index contributed by atoms with van der Waals surface area (Å²) in [6, 6.07) is 23.7. The molecule has 0 aliphatic rings. The van der Waals surface area contributed by atoms with E-state index in [0.29, 0.717) is 0 Å². The summed E-state index contributed by atoms with van der Waals surface area (Å²) >= 11 is 0. The molecule has 1 aromatic heterocycles. The van der Waals surface area contributed by atoms with Crippen LogP contribution >= 0.6 is 0 Å². The highest BCUT2D eigenvalue weighted by Crippen LogP contribution is 2.34. The second-order valence-corrected chi connectivity index (χ2v) is 6.43. The Hall–Kier alpha value is -3.32. The van der Waals surface area contributed by atoms with Gasteiger partial charge in [-0.25, -0.2) is 0 Å². The number of allylic oxidation sites excluding steroid dienone is 4. The van der Waals surface area contributed by atoms with Gasteiger partial charge in [-0.2, -0.15) is 0 Å². The van der Waals surface area contributed by atoms with Gasteiger partial charge in [0.1, 0.15) is 0 Å². The zero-order valence-electron chi connectivity index (χ0n) is 14.9. The van der Waals surface area contributed by atoms with Gasteiger partial charge in [0.2, 0.25) is 0 Å². The molecule has 0 amide bonds. The Labute approximate surface area is 154 Å². The summed E-state index contributed by atoms with van der Waals surface area (Å²) < 4.78 is 2.34. The van der Waals surface area contributed by atoms with Crippen LogP contribution in [0.25, 0.3) is 33.1 Å². The number of benzene rings is 3. The van der Waals surface area contributed by atoms with Gasteiger partial charge < -0.3 is 4.57 Å². The van der Waals surface area contributed by atoms with E-state index in [4.69, 9.17) is 0 Å². The molecule has 0 atom stereocenters. The molecule has 26 heavy (non-hydrogen) atoms. The Balaban J connectivity index is 2.06. The SMILES string of the molecule is C=C/C=C(\C=C)c1cccc(-n2c3ccccc3c3c(C)cccc32)c1. The molecule has 0 N–H and O–H groups in total. The Morgan fingerprint density at radius 3 is 2.46 bits per heavy atom. The molecular formula is C25H21N. The van der Waals surface area contributed by atoms with E-state index in [1.807, 2.05) is 12.2 Å². The number of fused-ring (bicyclic) bond motifs is 3. The van der Waals surface area contributed by atoms with Gasteiger partial charge in [0.15, 0.2) is 0 Å². The molecule has 0 aliphatic heterocycles. The van der Waals surface area contributed by atoms with Crippen LogP contribution in [0.4, 0.5) is 0 Å². The maximum atomic E-state index is 3.94. The van der Waals surface area contributed by atoms with Gasteiger partial charge in [0, 0.05) is 16.5 Å². The predicted octanol–water partition coefficient (Wildman–Crippen LogP) is 6.85. The minimum atomic E-state index is 1.07. The van der Waals surface area contributed by atoms with E-state index in [9.17, 15) is 0 Å². The van der Waals surface area contributed by atoms with Crippen molar-refractivity contribution in [2.45, 2.75) is 6.92 Å². The maximum Gasteiger partial charge on any atom is 0.0543 e. The van der Waals surface area contributed by atoms with Gasteiger partial charge in [-0.1, -0.05) is 73.9 Å². The van der Waals surface area contributed by atoms with Crippen LogP contribution in [0.2, 0.25) is 0 Å². The number of rotatable bonds is 4. The van der Waals surface area contributed by atoms with Crippen LogP contribution in [0.5, 0.6) is 0 Å². The van der Waals surface area contributed by atoms with Crippen molar-refractivity contribution in [1.29, 1.82) is 0 Å². The molecule has 3 aromatic carbocycles. The molecule has 4 aromatic rings. The molecule has 1 heteroatoms. The average molecular weight is 335 g/mol. The van der Waals surface area contributed by atoms with E-state index in [2.05, 4.69) is 91.4 Å².